The van der Waals surface area contributed by atoms with Crippen molar-refractivity contribution in [1.29, 1.82) is 0 Å². The third-order valence-electron chi connectivity index (χ3n) is 3.75. The number of alkyl halides is 3. The molecule has 1 fully saturated rings. The standard InChI is InChI=1S/C13H17F3N2O/c1-2-18-8-10(7-17-18)12(19)9-4-3-5-11(6-9)13(14,15)16/h7-9,11H,2-6H2,1H3. The molecule has 0 saturated heterocycles. The quantitative estimate of drug-likeness (QED) is 0.791. The van der Waals surface area contributed by atoms with Crippen molar-refractivity contribution in [3.8, 4) is 0 Å². The topological polar surface area (TPSA) is 34.9 Å². The Bertz CT molecular complexity index is 453. The summed E-state index contributed by atoms with van der Waals surface area (Å²) in [7, 11) is 0. The van der Waals surface area contributed by atoms with Gasteiger partial charge in [0.15, 0.2) is 5.78 Å². The van der Waals surface area contributed by atoms with Crippen LogP contribution in [0.3, 0.4) is 0 Å². The van der Waals surface area contributed by atoms with Gasteiger partial charge in [0.2, 0.25) is 0 Å². The fourth-order valence-corrected chi connectivity index (χ4v) is 2.62. The van der Waals surface area contributed by atoms with Crippen molar-refractivity contribution >= 4 is 5.78 Å². The first kappa shape index (κ1) is 14.1. The van der Waals surface area contributed by atoms with Crippen LogP contribution in [-0.4, -0.2) is 21.7 Å². The molecule has 0 bridgehead atoms. The lowest BCUT2D eigenvalue weighted by atomic mass is 9.78. The van der Waals surface area contributed by atoms with E-state index >= 15 is 0 Å². The molecule has 6 heteroatoms. The molecule has 1 aromatic heterocycles. The number of carbonyl (C=O) groups is 1. The molecule has 0 aliphatic heterocycles. The van der Waals surface area contributed by atoms with Crippen LogP contribution in [0.25, 0.3) is 0 Å². The minimum Gasteiger partial charge on any atom is -0.294 e. The van der Waals surface area contributed by atoms with E-state index in [9.17, 15) is 18.0 Å². The zero-order valence-corrected chi connectivity index (χ0v) is 10.8. The van der Waals surface area contributed by atoms with Gasteiger partial charge in [-0.15, -0.1) is 0 Å². The zero-order valence-electron chi connectivity index (χ0n) is 10.8. The molecule has 3 nitrogen and oxygen atoms in total. The number of hydrogen-bond donors (Lipinski definition) is 0. The number of nitrogens with zero attached hydrogens (tertiary/aromatic N) is 2. The molecule has 19 heavy (non-hydrogen) atoms. The summed E-state index contributed by atoms with van der Waals surface area (Å²) in [5.74, 6) is -2.06. The van der Waals surface area contributed by atoms with Crippen molar-refractivity contribution in [3.63, 3.8) is 0 Å². The molecule has 1 aromatic rings. The van der Waals surface area contributed by atoms with E-state index in [4.69, 9.17) is 0 Å². The van der Waals surface area contributed by atoms with Gasteiger partial charge >= 0.3 is 6.18 Å². The molecular weight excluding hydrogens is 257 g/mol. The van der Waals surface area contributed by atoms with Crippen LogP contribution in [0.15, 0.2) is 12.4 Å². The molecule has 0 spiro atoms. The number of halogens is 3. The van der Waals surface area contributed by atoms with Crippen molar-refractivity contribution < 1.29 is 18.0 Å². The van der Waals surface area contributed by atoms with Crippen LogP contribution in [0.2, 0.25) is 0 Å². The highest BCUT2D eigenvalue weighted by molar-refractivity contribution is 5.97. The predicted octanol–water partition coefficient (Wildman–Crippen LogP) is 3.45. The highest BCUT2D eigenvalue weighted by atomic mass is 19.4. The lowest BCUT2D eigenvalue weighted by Crippen LogP contribution is -2.31. The smallest absolute Gasteiger partial charge is 0.294 e. The zero-order chi connectivity index (χ0) is 14.0. The van der Waals surface area contributed by atoms with E-state index in [0.717, 1.165) is 0 Å². The maximum Gasteiger partial charge on any atom is 0.391 e. The van der Waals surface area contributed by atoms with Crippen LogP contribution in [0.5, 0.6) is 0 Å². The fraction of sp³-hybridized carbons (Fsp3) is 0.692. The van der Waals surface area contributed by atoms with Gasteiger partial charge in [0.1, 0.15) is 0 Å². The summed E-state index contributed by atoms with van der Waals surface area (Å²) >= 11 is 0. The summed E-state index contributed by atoms with van der Waals surface area (Å²) in [6, 6.07) is 0. The van der Waals surface area contributed by atoms with Crippen molar-refractivity contribution in [2.24, 2.45) is 11.8 Å². The van der Waals surface area contributed by atoms with E-state index in [2.05, 4.69) is 5.10 Å². The molecule has 2 unspecified atom stereocenters. The number of ketones is 1. The maximum atomic E-state index is 12.7. The number of hydrogen-bond acceptors (Lipinski definition) is 2. The molecule has 106 valence electrons. The third-order valence-corrected chi connectivity index (χ3v) is 3.75. The van der Waals surface area contributed by atoms with Crippen molar-refractivity contribution in [3.05, 3.63) is 18.0 Å². The van der Waals surface area contributed by atoms with E-state index in [1.54, 1.807) is 10.9 Å². The Morgan fingerprint density at radius 2 is 2.21 bits per heavy atom. The van der Waals surface area contributed by atoms with Gasteiger partial charge in [0, 0.05) is 18.7 Å². The largest absolute Gasteiger partial charge is 0.391 e. The normalized spacial score (nSPS) is 24.4. The van der Waals surface area contributed by atoms with Gasteiger partial charge in [-0.05, 0) is 26.2 Å². The monoisotopic (exact) mass is 274 g/mol. The second-order valence-electron chi connectivity index (χ2n) is 5.05. The van der Waals surface area contributed by atoms with E-state index in [1.165, 1.54) is 6.20 Å². The van der Waals surface area contributed by atoms with Crippen LogP contribution in [0.4, 0.5) is 13.2 Å². The first-order valence-corrected chi connectivity index (χ1v) is 6.55. The third kappa shape index (κ3) is 3.16. The minimum atomic E-state index is -4.19. The van der Waals surface area contributed by atoms with Crippen LogP contribution in [-0.2, 0) is 6.54 Å². The summed E-state index contributed by atoms with van der Waals surface area (Å²) < 4.78 is 39.7. The van der Waals surface area contributed by atoms with E-state index < -0.39 is 18.0 Å². The minimum absolute atomic E-state index is 0.0837. The van der Waals surface area contributed by atoms with Gasteiger partial charge in [-0.1, -0.05) is 6.42 Å². The lowest BCUT2D eigenvalue weighted by molar-refractivity contribution is -0.184. The van der Waals surface area contributed by atoms with Gasteiger partial charge in [0.05, 0.1) is 17.7 Å². The second kappa shape index (κ2) is 5.35. The van der Waals surface area contributed by atoms with Gasteiger partial charge in [-0.3, -0.25) is 9.48 Å². The molecular formula is C13H17F3N2O. The molecule has 1 aliphatic rings. The number of carbonyl (C=O) groups excluding carboxylic acids is 1. The van der Waals surface area contributed by atoms with Crippen LogP contribution >= 0.6 is 0 Å². The molecule has 1 heterocycles. The highest BCUT2D eigenvalue weighted by Crippen LogP contribution is 2.40. The first-order valence-electron chi connectivity index (χ1n) is 6.55. The van der Waals surface area contributed by atoms with Crippen molar-refractivity contribution in [2.45, 2.75) is 45.3 Å². The average molecular weight is 274 g/mol. The highest BCUT2D eigenvalue weighted by Gasteiger charge is 2.43. The number of rotatable bonds is 3. The summed E-state index contributed by atoms with van der Waals surface area (Å²) in [6.07, 6.45) is -0.0680. The van der Waals surface area contributed by atoms with E-state index in [0.29, 0.717) is 24.9 Å². The predicted molar refractivity (Wildman–Crippen MR) is 63.7 cm³/mol. The van der Waals surface area contributed by atoms with Gasteiger partial charge < -0.3 is 0 Å². The van der Waals surface area contributed by atoms with E-state index in [1.807, 2.05) is 6.92 Å². The lowest BCUT2D eigenvalue weighted by Gasteiger charge is -2.29. The summed E-state index contributed by atoms with van der Waals surface area (Å²) in [5.41, 5.74) is 0.426. The van der Waals surface area contributed by atoms with E-state index in [-0.39, 0.29) is 18.6 Å². The average Bonchev–Trinajstić information content (AvgIpc) is 2.86. The Morgan fingerprint density at radius 3 is 2.79 bits per heavy atom. The fourth-order valence-electron chi connectivity index (χ4n) is 2.62. The Morgan fingerprint density at radius 1 is 1.47 bits per heavy atom. The second-order valence-corrected chi connectivity index (χ2v) is 5.05. The molecule has 1 saturated carbocycles. The summed E-state index contributed by atoms with van der Waals surface area (Å²) in [4.78, 5) is 12.2. The van der Waals surface area contributed by atoms with Crippen LogP contribution in [0, 0.1) is 11.8 Å². The van der Waals surface area contributed by atoms with Crippen LogP contribution < -0.4 is 0 Å². The van der Waals surface area contributed by atoms with Crippen molar-refractivity contribution in [1.82, 2.24) is 9.78 Å². The van der Waals surface area contributed by atoms with Crippen molar-refractivity contribution in [2.75, 3.05) is 0 Å². The Kier molecular flexibility index (Phi) is 3.96. The Labute approximate surface area is 109 Å². The van der Waals surface area contributed by atoms with Gasteiger partial charge in [-0.25, -0.2) is 0 Å². The number of aryl methyl sites for hydroxylation is 1. The summed E-state index contributed by atoms with van der Waals surface area (Å²) in [6.45, 7) is 2.53. The Balaban J connectivity index is 2.07. The molecule has 0 radical (unpaired) electrons. The number of Topliss-reactive ketones (excluding diaryl/α,β-unsaturated/α-hetero) is 1. The Hall–Kier alpha value is -1.33. The number of aromatic nitrogens is 2. The first-order chi connectivity index (χ1) is 8.91. The molecule has 0 amide bonds. The molecule has 2 rings (SSSR count). The van der Waals surface area contributed by atoms with Gasteiger partial charge in [0.25, 0.3) is 0 Å². The van der Waals surface area contributed by atoms with Gasteiger partial charge in [-0.2, -0.15) is 18.3 Å². The SMILES string of the molecule is CCn1cc(C(=O)C2CCCC(C(F)(F)F)C2)cn1. The maximum absolute atomic E-state index is 12.7. The summed E-state index contributed by atoms with van der Waals surface area (Å²) in [5, 5.41) is 3.99. The molecule has 0 N–H and O–H groups in total. The molecule has 0 aromatic carbocycles. The molecule has 2 atom stereocenters. The molecule has 1 aliphatic carbocycles. The van der Waals surface area contributed by atoms with Crippen LogP contribution in [0.1, 0.15) is 43.0 Å².